The van der Waals surface area contributed by atoms with Crippen LogP contribution in [0, 0.1) is 11.3 Å². The van der Waals surface area contributed by atoms with Crippen LogP contribution < -0.4 is 5.73 Å². The van der Waals surface area contributed by atoms with E-state index in [0.29, 0.717) is 18.7 Å². The molecule has 0 bridgehead atoms. The van der Waals surface area contributed by atoms with Gasteiger partial charge in [0.1, 0.15) is 0 Å². The second-order valence-electron chi connectivity index (χ2n) is 4.04. The van der Waals surface area contributed by atoms with Crippen LogP contribution in [-0.4, -0.2) is 35.5 Å². The van der Waals surface area contributed by atoms with Gasteiger partial charge in [-0.25, -0.2) is 0 Å². The van der Waals surface area contributed by atoms with Gasteiger partial charge in [-0.1, -0.05) is 19.1 Å². The Kier molecular flexibility index (Phi) is 5.31. The van der Waals surface area contributed by atoms with Gasteiger partial charge < -0.3 is 10.8 Å². The van der Waals surface area contributed by atoms with Crippen LogP contribution in [0.5, 0.6) is 0 Å². The molecule has 1 unspecified atom stereocenters. The maximum Gasteiger partial charge on any atom is 0.231 e. The maximum absolute atomic E-state index is 10.8. The molecule has 0 saturated carbocycles. The van der Waals surface area contributed by atoms with Gasteiger partial charge in [0.2, 0.25) is 5.91 Å². The van der Waals surface area contributed by atoms with E-state index in [1.165, 1.54) is 0 Å². The van der Waals surface area contributed by atoms with Gasteiger partial charge in [0, 0.05) is 6.54 Å². The molecule has 1 rings (SSSR count). The Morgan fingerprint density at radius 1 is 1.50 bits per heavy atom. The molecule has 5 heteroatoms. The molecule has 0 saturated heterocycles. The van der Waals surface area contributed by atoms with Crippen molar-refractivity contribution in [3.05, 3.63) is 35.4 Å². The lowest BCUT2D eigenvalue weighted by molar-refractivity contribution is -0.119. The van der Waals surface area contributed by atoms with Gasteiger partial charge in [-0.3, -0.25) is 9.69 Å². The molecule has 0 spiro atoms. The van der Waals surface area contributed by atoms with Gasteiger partial charge >= 0.3 is 0 Å². The fourth-order valence-corrected chi connectivity index (χ4v) is 1.66. The predicted octanol–water partition coefficient (Wildman–Crippen LogP) is 0.399. The van der Waals surface area contributed by atoms with Crippen molar-refractivity contribution in [3.8, 4) is 6.07 Å². The highest BCUT2D eigenvalue weighted by atomic mass is 16.3. The number of likely N-dealkylation sites (N-methyl/N-ethyl adjacent to an activating group) is 1. The zero-order valence-corrected chi connectivity index (χ0v) is 10.3. The second-order valence-corrected chi connectivity index (χ2v) is 4.04. The molecule has 1 atom stereocenters. The van der Waals surface area contributed by atoms with Crippen LogP contribution in [0.25, 0.3) is 0 Å². The first-order valence-corrected chi connectivity index (χ1v) is 5.75. The number of benzene rings is 1. The Hall–Kier alpha value is -1.90. The van der Waals surface area contributed by atoms with Gasteiger partial charge in [0.15, 0.2) is 0 Å². The molecule has 0 aliphatic rings. The van der Waals surface area contributed by atoms with Crippen molar-refractivity contribution in [1.82, 2.24) is 4.90 Å². The van der Waals surface area contributed by atoms with E-state index < -0.39 is 12.0 Å². The van der Waals surface area contributed by atoms with E-state index in [2.05, 4.69) is 0 Å². The summed E-state index contributed by atoms with van der Waals surface area (Å²) in [6.07, 6.45) is -0.697. The number of aliphatic hydroxyl groups is 1. The summed E-state index contributed by atoms with van der Waals surface area (Å²) in [6.45, 7) is 3.00. The molecule has 18 heavy (non-hydrogen) atoms. The Morgan fingerprint density at radius 3 is 2.56 bits per heavy atom. The minimum atomic E-state index is -0.697. The predicted molar refractivity (Wildman–Crippen MR) is 67.4 cm³/mol. The van der Waals surface area contributed by atoms with E-state index in [-0.39, 0.29) is 6.54 Å². The van der Waals surface area contributed by atoms with Crippen LogP contribution in [-0.2, 0) is 4.79 Å². The van der Waals surface area contributed by atoms with Crippen molar-refractivity contribution < 1.29 is 9.90 Å². The van der Waals surface area contributed by atoms with E-state index in [1.54, 1.807) is 29.2 Å². The summed E-state index contributed by atoms with van der Waals surface area (Å²) in [6, 6.07) is 8.75. The molecular formula is C13H17N3O2. The third-order valence-electron chi connectivity index (χ3n) is 2.68. The van der Waals surface area contributed by atoms with E-state index in [9.17, 15) is 9.90 Å². The van der Waals surface area contributed by atoms with Crippen LogP contribution in [0.1, 0.15) is 24.2 Å². The van der Waals surface area contributed by atoms with Crippen LogP contribution in [0.15, 0.2) is 24.3 Å². The Labute approximate surface area is 106 Å². The normalized spacial score (nSPS) is 12.1. The molecule has 3 N–H and O–H groups in total. The summed E-state index contributed by atoms with van der Waals surface area (Å²) in [5.74, 6) is -0.413. The Balaban J connectivity index is 2.65. The number of hydrogen-bond donors (Lipinski definition) is 2. The molecule has 0 radical (unpaired) electrons. The number of carbonyl (C=O) groups excluding carboxylic acids is 1. The molecule has 0 heterocycles. The number of nitriles is 1. The first kappa shape index (κ1) is 14.2. The molecule has 0 fully saturated rings. The number of nitrogens with two attached hydrogens (primary N) is 1. The maximum atomic E-state index is 10.8. The summed E-state index contributed by atoms with van der Waals surface area (Å²) in [7, 11) is 0. The number of carbonyl (C=O) groups is 1. The molecule has 0 aromatic heterocycles. The largest absolute Gasteiger partial charge is 0.387 e. The van der Waals surface area contributed by atoms with E-state index in [0.717, 1.165) is 5.56 Å². The first-order chi connectivity index (χ1) is 8.56. The Morgan fingerprint density at radius 2 is 2.11 bits per heavy atom. The fraction of sp³-hybridized carbons (Fsp3) is 0.385. The van der Waals surface area contributed by atoms with Gasteiger partial charge in [-0.2, -0.15) is 5.26 Å². The van der Waals surface area contributed by atoms with E-state index >= 15 is 0 Å². The molecular weight excluding hydrogens is 230 g/mol. The van der Waals surface area contributed by atoms with Crippen LogP contribution >= 0.6 is 0 Å². The molecule has 1 aromatic carbocycles. The number of aliphatic hydroxyl groups excluding tert-OH is 1. The summed E-state index contributed by atoms with van der Waals surface area (Å²) in [5, 5.41) is 18.7. The summed E-state index contributed by atoms with van der Waals surface area (Å²) in [4.78, 5) is 12.6. The second kappa shape index (κ2) is 6.74. The molecule has 0 aliphatic heterocycles. The van der Waals surface area contributed by atoms with Crippen LogP contribution in [0.3, 0.4) is 0 Å². The monoisotopic (exact) mass is 247 g/mol. The zero-order chi connectivity index (χ0) is 13.5. The third-order valence-corrected chi connectivity index (χ3v) is 2.68. The fourth-order valence-electron chi connectivity index (χ4n) is 1.66. The number of nitrogens with zero attached hydrogens (tertiary/aromatic N) is 2. The summed E-state index contributed by atoms with van der Waals surface area (Å²) < 4.78 is 0. The number of amides is 1. The zero-order valence-electron chi connectivity index (χ0n) is 10.3. The van der Waals surface area contributed by atoms with Gasteiger partial charge in [-0.05, 0) is 24.2 Å². The van der Waals surface area contributed by atoms with Crippen molar-refractivity contribution in [3.63, 3.8) is 0 Å². The van der Waals surface area contributed by atoms with Crippen molar-refractivity contribution in [2.75, 3.05) is 19.6 Å². The molecule has 0 aliphatic carbocycles. The Bertz CT molecular complexity index is 437. The van der Waals surface area contributed by atoms with Crippen molar-refractivity contribution >= 4 is 5.91 Å². The summed E-state index contributed by atoms with van der Waals surface area (Å²) >= 11 is 0. The topological polar surface area (TPSA) is 90.3 Å². The first-order valence-electron chi connectivity index (χ1n) is 5.75. The van der Waals surface area contributed by atoms with E-state index in [4.69, 9.17) is 11.0 Å². The average Bonchev–Trinajstić information content (AvgIpc) is 2.37. The van der Waals surface area contributed by atoms with Crippen LogP contribution in [0.2, 0.25) is 0 Å². The highest BCUT2D eigenvalue weighted by Gasteiger charge is 2.13. The van der Waals surface area contributed by atoms with Crippen molar-refractivity contribution in [2.45, 2.75) is 13.0 Å². The van der Waals surface area contributed by atoms with Gasteiger partial charge in [0.05, 0.1) is 24.3 Å². The van der Waals surface area contributed by atoms with Crippen LogP contribution in [0.4, 0.5) is 0 Å². The lowest BCUT2D eigenvalue weighted by Crippen LogP contribution is -2.36. The minimum Gasteiger partial charge on any atom is -0.387 e. The molecule has 1 aromatic rings. The van der Waals surface area contributed by atoms with Gasteiger partial charge in [-0.15, -0.1) is 0 Å². The molecule has 1 amide bonds. The number of primary amides is 1. The summed E-state index contributed by atoms with van der Waals surface area (Å²) in [5.41, 5.74) is 6.39. The van der Waals surface area contributed by atoms with Crippen molar-refractivity contribution in [2.24, 2.45) is 5.73 Å². The average molecular weight is 247 g/mol. The SMILES string of the molecule is CCN(CC(N)=O)CC(O)c1ccc(C#N)cc1. The van der Waals surface area contributed by atoms with Gasteiger partial charge in [0.25, 0.3) is 0 Å². The number of rotatable bonds is 6. The molecule has 96 valence electrons. The number of hydrogen-bond acceptors (Lipinski definition) is 4. The standard InChI is InChI=1S/C13H17N3O2/c1-2-16(9-13(15)18)8-12(17)11-5-3-10(7-14)4-6-11/h3-6,12,17H,2,8-9H2,1H3,(H2,15,18). The smallest absolute Gasteiger partial charge is 0.231 e. The minimum absolute atomic E-state index is 0.129. The quantitative estimate of drug-likeness (QED) is 0.761. The van der Waals surface area contributed by atoms with Crippen molar-refractivity contribution in [1.29, 1.82) is 5.26 Å². The molecule has 5 nitrogen and oxygen atoms in total. The van der Waals surface area contributed by atoms with E-state index in [1.807, 2.05) is 13.0 Å². The highest BCUT2D eigenvalue weighted by molar-refractivity contribution is 5.75. The lowest BCUT2D eigenvalue weighted by Gasteiger charge is -2.22. The third kappa shape index (κ3) is 4.17. The lowest BCUT2D eigenvalue weighted by atomic mass is 10.1. The highest BCUT2D eigenvalue weighted by Crippen LogP contribution is 2.14.